The Morgan fingerprint density at radius 2 is 1.76 bits per heavy atom. The first-order chi connectivity index (χ1) is 17.8. The number of amides is 1. The third-order valence-corrected chi connectivity index (χ3v) is 9.48. The van der Waals surface area contributed by atoms with Gasteiger partial charge in [-0.25, -0.2) is 16.8 Å². The van der Waals surface area contributed by atoms with Crippen molar-refractivity contribution < 1.29 is 35.8 Å². The fourth-order valence-corrected chi connectivity index (χ4v) is 6.84. The Bertz CT molecular complexity index is 1390. The van der Waals surface area contributed by atoms with Crippen molar-refractivity contribution in [3.63, 3.8) is 0 Å². The standard InChI is InChI=1S/C25H33N3O8S2/c1-25(2)16-22(21-15-19(34-3)7-10-23(21)36-25)26-24(29)17-28(37(4,30)31)18-5-8-20(9-6-18)38(32,33)27-11-13-35-14-12-27/h5-10,15,22H,11-14,16-17H2,1-4H3,(H,26,29). The molecule has 2 aromatic carbocycles. The summed E-state index contributed by atoms with van der Waals surface area (Å²) in [6, 6.07) is 10.4. The van der Waals surface area contributed by atoms with Crippen LogP contribution in [-0.2, 0) is 29.6 Å². The number of ether oxygens (including phenoxy) is 3. The molecule has 0 bridgehead atoms. The lowest BCUT2D eigenvalue weighted by molar-refractivity contribution is -0.120. The topological polar surface area (TPSA) is 132 Å². The van der Waals surface area contributed by atoms with E-state index in [0.717, 1.165) is 16.1 Å². The number of methoxy groups -OCH3 is 1. The number of nitrogens with zero attached hydrogens (tertiary/aromatic N) is 2. The van der Waals surface area contributed by atoms with Gasteiger partial charge < -0.3 is 19.5 Å². The maximum Gasteiger partial charge on any atom is 0.243 e. The number of anilines is 1. The molecular weight excluding hydrogens is 534 g/mol. The summed E-state index contributed by atoms with van der Waals surface area (Å²) in [5.41, 5.74) is 0.358. The quantitative estimate of drug-likeness (QED) is 0.512. The van der Waals surface area contributed by atoms with Crippen molar-refractivity contribution in [1.29, 1.82) is 0 Å². The van der Waals surface area contributed by atoms with E-state index in [1.807, 2.05) is 13.8 Å². The van der Waals surface area contributed by atoms with Crippen LogP contribution in [0.15, 0.2) is 47.4 Å². The second-order valence-corrected chi connectivity index (χ2v) is 13.7. The van der Waals surface area contributed by atoms with Crippen LogP contribution in [0.3, 0.4) is 0 Å². The molecule has 0 spiro atoms. The summed E-state index contributed by atoms with van der Waals surface area (Å²) in [6.07, 6.45) is 1.46. The molecule has 2 aliphatic rings. The average Bonchev–Trinajstić information content (AvgIpc) is 2.86. The van der Waals surface area contributed by atoms with Crippen molar-refractivity contribution in [3.05, 3.63) is 48.0 Å². The molecule has 1 atom stereocenters. The lowest BCUT2D eigenvalue weighted by atomic mass is 9.89. The third kappa shape index (κ3) is 6.22. The summed E-state index contributed by atoms with van der Waals surface area (Å²) in [7, 11) is -6.06. The lowest BCUT2D eigenvalue weighted by Crippen LogP contribution is -2.45. The minimum atomic E-state index is -3.87. The first-order valence-corrected chi connectivity index (χ1v) is 15.4. The number of sulfonamides is 2. The Morgan fingerprint density at radius 1 is 1.11 bits per heavy atom. The van der Waals surface area contributed by atoms with Crippen molar-refractivity contribution in [1.82, 2.24) is 9.62 Å². The Labute approximate surface area is 223 Å². The Hall–Kier alpha value is -2.87. The molecule has 1 saturated heterocycles. The van der Waals surface area contributed by atoms with E-state index in [1.165, 1.54) is 28.6 Å². The number of carbonyl (C=O) groups is 1. The zero-order chi connectivity index (χ0) is 27.7. The van der Waals surface area contributed by atoms with Gasteiger partial charge in [0.2, 0.25) is 26.0 Å². The van der Waals surface area contributed by atoms with Gasteiger partial charge in [-0.3, -0.25) is 9.10 Å². The van der Waals surface area contributed by atoms with E-state index in [9.17, 15) is 21.6 Å². The Balaban J connectivity index is 1.54. The van der Waals surface area contributed by atoms with Gasteiger partial charge in [0, 0.05) is 25.1 Å². The highest BCUT2D eigenvalue weighted by Crippen LogP contribution is 2.41. The molecule has 1 amide bonds. The highest BCUT2D eigenvalue weighted by molar-refractivity contribution is 7.92. The van der Waals surface area contributed by atoms with Gasteiger partial charge in [-0.05, 0) is 56.3 Å². The summed E-state index contributed by atoms with van der Waals surface area (Å²) in [5, 5.41) is 2.94. The Morgan fingerprint density at radius 3 is 2.37 bits per heavy atom. The van der Waals surface area contributed by atoms with E-state index < -0.39 is 44.1 Å². The number of rotatable bonds is 8. The van der Waals surface area contributed by atoms with Crippen LogP contribution in [0, 0.1) is 0 Å². The maximum atomic E-state index is 13.1. The van der Waals surface area contributed by atoms with Crippen LogP contribution >= 0.6 is 0 Å². The van der Waals surface area contributed by atoms with Gasteiger partial charge in [0.05, 0.1) is 43.2 Å². The van der Waals surface area contributed by atoms with E-state index in [4.69, 9.17) is 14.2 Å². The molecule has 208 valence electrons. The highest BCUT2D eigenvalue weighted by Gasteiger charge is 2.35. The molecule has 1 unspecified atom stereocenters. The second kappa shape index (κ2) is 10.7. The van der Waals surface area contributed by atoms with Crippen LogP contribution < -0.4 is 19.1 Å². The van der Waals surface area contributed by atoms with E-state index in [0.29, 0.717) is 31.1 Å². The van der Waals surface area contributed by atoms with Gasteiger partial charge in [-0.2, -0.15) is 4.31 Å². The largest absolute Gasteiger partial charge is 0.497 e. The van der Waals surface area contributed by atoms with Crippen LogP contribution in [0.25, 0.3) is 0 Å². The number of benzene rings is 2. The molecule has 0 saturated carbocycles. The van der Waals surface area contributed by atoms with E-state index in [-0.39, 0.29) is 23.7 Å². The fraction of sp³-hybridized carbons (Fsp3) is 0.480. The number of hydrogen-bond donors (Lipinski definition) is 1. The smallest absolute Gasteiger partial charge is 0.243 e. The fourth-order valence-electron chi connectivity index (χ4n) is 4.58. The van der Waals surface area contributed by atoms with Gasteiger partial charge in [0.25, 0.3) is 0 Å². The minimum Gasteiger partial charge on any atom is -0.497 e. The van der Waals surface area contributed by atoms with Gasteiger partial charge >= 0.3 is 0 Å². The number of carbonyl (C=O) groups excluding carboxylic acids is 1. The highest BCUT2D eigenvalue weighted by atomic mass is 32.2. The molecule has 0 aliphatic carbocycles. The summed E-state index contributed by atoms with van der Waals surface area (Å²) in [5.74, 6) is 0.706. The average molecular weight is 568 g/mol. The molecule has 11 nitrogen and oxygen atoms in total. The van der Waals surface area contributed by atoms with Gasteiger partial charge in [0.1, 0.15) is 23.6 Å². The number of morpholine rings is 1. The molecule has 1 N–H and O–H groups in total. The molecule has 0 radical (unpaired) electrons. The molecule has 2 aliphatic heterocycles. The summed E-state index contributed by atoms with van der Waals surface area (Å²) < 4.78 is 70.0. The van der Waals surface area contributed by atoms with Gasteiger partial charge in [-0.15, -0.1) is 0 Å². The molecule has 38 heavy (non-hydrogen) atoms. The van der Waals surface area contributed by atoms with Crippen molar-refractivity contribution in [2.45, 2.75) is 36.8 Å². The monoisotopic (exact) mass is 567 g/mol. The van der Waals surface area contributed by atoms with Crippen molar-refractivity contribution in [2.24, 2.45) is 0 Å². The van der Waals surface area contributed by atoms with Crippen LogP contribution in [-0.4, -0.2) is 78.9 Å². The minimum absolute atomic E-state index is 0.0380. The van der Waals surface area contributed by atoms with Crippen LogP contribution in [0.4, 0.5) is 5.69 Å². The van der Waals surface area contributed by atoms with Crippen molar-refractivity contribution in [3.8, 4) is 11.5 Å². The van der Waals surface area contributed by atoms with Crippen LogP contribution in [0.1, 0.15) is 31.9 Å². The number of nitrogens with one attached hydrogen (secondary N) is 1. The SMILES string of the molecule is COc1ccc2c(c1)C(NC(=O)CN(c1ccc(S(=O)(=O)N3CCOCC3)cc1)S(C)(=O)=O)CC(C)(C)O2. The first kappa shape index (κ1) is 28.1. The maximum absolute atomic E-state index is 13.1. The van der Waals surface area contributed by atoms with Crippen molar-refractivity contribution in [2.75, 3.05) is 50.5 Å². The number of hydrogen-bond acceptors (Lipinski definition) is 8. The molecule has 13 heteroatoms. The number of fused-ring (bicyclic) bond motifs is 1. The lowest BCUT2D eigenvalue weighted by Gasteiger charge is -2.38. The molecule has 1 fully saturated rings. The molecule has 4 rings (SSSR count). The van der Waals surface area contributed by atoms with Crippen molar-refractivity contribution >= 4 is 31.6 Å². The van der Waals surface area contributed by atoms with E-state index in [2.05, 4.69) is 5.32 Å². The summed E-state index contributed by atoms with van der Waals surface area (Å²) in [4.78, 5) is 13.2. The van der Waals surface area contributed by atoms with Crippen LogP contribution in [0.2, 0.25) is 0 Å². The predicted molar refractivity (Wildman–Crippen MR) is 141 cm³/mol. The third-order valence-electron chi connectivity index (χ3n) is 6.43. The molecular formula is C25H33N3O8S2. The summed E-state index contributed by atoms with van der Waals surface area (Å²) in [6.45, 7) is 4.47. The van der Waals surface area contributed by atoms with E-state index >= 15 is 0 Å². The van der Waals surface area contributed by atoms with Crippen LogP contribution in [0.5, 0.6) is 11.5 Å². The second-order valence-electron chi connectivity index (χ2n) is 9.87. The van der Waals surface area contributed by atoms with Gasteiger partial charge in [-0.1, -0.05) is 0 Å². The zero-order valence-corrected chi connectivity index (χ0v) is 23.5. The zero-order valence-electron chi connectivity index (χ0n) is 21.8. The normalized spacial score (nSPS) is 19.6. The summed E-state index contributed by atoms with van der Waals surface area (Å²) >= 11 is 0. The first-order valence-electron chi connectivity index (χ1n) is 12.1. The van der Waals surface area contributed by atoms with Gasteiger partial charge in [0.15, 0.2) is 0 Å². The molecule has 2 aromatic rings. The molecule has 2 heterocycles. The van der Waals surface area contributed by atoms with E-state index in [1.54, 1.807) is 25.3 Å². The molecule has 0 aromatic heterocycles. The Kier molecular flexibility index (Phi) is 7.94. The predicted octanol–water partition coefficient (Wildman–Crippen LogP) is 1.90.